The van der Waals surface area contributed by atoms with Crippen LogP contribution in [0.25, 0.3) is 11.1 Å². The number of nitrogen functional groups attached to an aromatic ring is 1. The van der Waals surface area contributed by atoms with Crippen LogP contribution >= 0.6 is 0 Å². The van der Waals surface area contributed by atoms with Crippen LogP contribution in [0.15, 0.2) is 108 Å². The van der Waals surface area contributed by atoms with Crippen molar-refractivity contribution in [2.24, 2.45) is 10.9 Å². The Morgan fingerprint density at radius 3 is 2.19 bits per heavy atom. The van der Waals surface area contributed by atoms with E-state index in [4.69, 9.17) is 21.0 Å². The summed E-state index contributed by atoms with van der Waals surface area (Å²) in [5.41, 5.74) is 8.51. The normalized spacial score (nSPS) is 11.1. The number of hydrogen-bond donors (Lipinski definition) is 3. The van der Waals surface area contributed by atoms with Gasteiger partial charge in [-0.1, -0.05) is 72.8 Å². The second-order valence-corrected chi connectivity index (χ2v) is 9.85. The van der Waals surface area contributed by atoms with Crippen molar-refractivity contribution in [3.8, 4) is 16.9 Å². The lowest BCUT2D eigenvalue weighted by atomic mass is 10.0. The third-order valence-corrected chi connectivity index (χ3v) is 6.64. The Morgan fingerprint density at radius 1 is 0.838 bits per heavy atom. The van der Waals surface area contributed by atoms with E-state index in [0.29, 0.717) is 34.5 Å². The van der Waals surface area contributed by atoms with Gasteiger partial charge >= 0.3 is 0 Å². The largest absolute Gasteiger partial charge is 0.473 e. The zero-order valence-electron chi connectivity index (χ0n) is 19.9. The van der Waals surface area contributed by atoms with Crippen LogP contribution in [0.2, 0.25) is 0 Å². The monoisotopic (exact) mass is 514 g/mol. The van der Waals surface area contributed by atoms with Crippen molar-refractivity contribution >= 4 is 21.8 Å². The van der Waals surface area contributed by atoms with Gasteiger partial charge < -0.3 is 15.4 Å². The van der Waals surface area contributed by atoms with E-state index in [1.807, 2.05) is 30.3 Å². The summed E-state index contributed by atoms with van der Waals surface area (Å²) in [6, 6.07) is 29.5. The minimum atomic E-state index is -3.91. The molecule has 0 atom stereocenters. The molecule has 0 aliphatic heterocycles. The molecule has 5 N–H and O–H groups in total. The number of ether oxygens (including phenoxy) is 1. The van der Waals surface area contributed by atoms with Gasteiger partial charge in [-0.05, 0) is 41.5 Å². The molecule has 0 saturated carbocycles. The molecule has 0 radical (unpaired) electrons. The summed E-state index contributed by atoms with van der Waals surface area (Å²) in [6.45, 7) is 0.271. The Kier molecular flexibility index (Phi) is 7.66. The van der Waals surface area contributed by atoms with E-state index in [-0.39, 0.29) is 23.4 Å². The molecule has 0 heterocycles. The molecule has 37 heavy (non-hydrogen) atoms. The standard InChI is InChI=1S/C28H26N4O4S/c29-27(30)23-9-6-10-24(17-23)36-19-32(18-20-7-2-1-3-8-20)28(33)22-15-13-21(14-16-22)25-11-4-5-12-26(25)37(31,34)35/h1-17H,18-19H2,(H3,29,30)(H2,31,34,35). The molecular formula is C28H26N4O4S. The molecule has 0 aliphatic carbocycles. The van der Waals surface area contributed by atoms with Crippen molar-refractivity contribution in [3.63, 3.8) is 0 Å². The first-order valence-electron chi connectivity index (χ1n) is 11.3. The number of hydrogen-bond acceptors (Lipinski definition) is 5. The third kappa shape index (κ3) is 6.40. The fourth-order valence-corrected chi connectivity index (χ4v) is 4.57. The Balaban J connectivity index is 1.59. The smallest absolute Gasteiger partial charge is 0.256 e. The van der Waals surface area contributed by atoms with Crippen LogP contribution in [-0.4, -0.2) is 31.8 Å². The molecule has 0 bridgehead atoms. The lowest BCUT2D eigenvalue weighted by molar-refractivity contribution is 0.0577. The van der Waals surface area contributed by atoms with E-state index in [1.165, 1.54) is 6.07 Å². The van der Waals surface area contributed by atoms with E-state index < -0.39 is 10.0 Å². The quantitative estimate of drug-likeness (QED) is 0.176. The number of rotatable bonds is 9. The number of sulfonamides is 1. The van der Waals surface area contributed by atoms with Gasteiger partial charge in [0.15, 0.2) is 6.73 Å². The summed E-state index contributed by atoms with van der Waals surface area (Å²) in [5, 5.41) is 13.0. The molecule has 0 unspecified atom stereocenters. The van der Waals surface area contributed by atoms with Gasteiger partial charge in [0, 0.05) is 23.2 Å². The summed E-state index contributed by atoms with van der Waals surface area (Å²) in [5.74, 6) is 0.137. The molecule has 0 fully saturated rings. The van der Waals surface area contributed by atoms with Crippen molar-refractivity contribution in [3.05, 3.63) is 120 Å². The van der Waals surface area contributed by atoms with Crippen molar-refractivity contribution in [2.45, 2.75) is 11.4 Å². The predicted octanol–water partition coefficient (Wildman–Crippen LogP) is 3.96. The first kappa shape index (κ1) is 25.6. The number of nitrogens with one attached hydrogen (secondary N) is 1. The minimum absolute atomic E-state index is 0.0148. The summed E-state index contributed by atoms with van der Waals surface area (Å²) in [6.07, 6.45) is 0. The molecule has 0 saturated heterocycles. The first-order valence-corrected chi connectivity index (χ1v) is 12.9. The van der Waals surface area contributed by atoms with Crippen LogP contribution < -0.4 is 15.6 Å². The second kappa shape index (κ2) is 11.1. The lowest BCUT2D eigenvalue weighted by Crippen LogP contribution is -2.34. The first-order chi connectivity index (χ1) is 17.7. The summed E-state index contributed by atoms with van der Waals surface area (Å²) < 4.78 is 29.9. The molecule has 188 valence electrons. The highest BCUT2D eigenvalue weighted by Gasteiger charge is 2.19. The number of amides is 1. The summed E-state index contributed by atoms with van der Waals surface area (Å²) in [7, 11) is -3.91. The summed E-state index contributed by atoms with van der Waals surface area (Å²) >= 11 is 0. The van der Waals surface area contributed by atoms with E-state index in [2.05, 4.69) is 0 Å². The topological polar surface area (TPSA) is 140 Å². The molecule has 0 aromatic heterocycles. The Bertz CT molecular complexity index is 1520. The molecule has 9 heteroatoms. The average molecular weight is 515 g/mol. The van der Waals surface area contributed by atoms with Gasteiger partial charge in [-0.15, -0.1) is 0 Å². The van der Waals surface area contributed by atoms with Gasteiger partial charge in [0.1, 0.15) is 11.6 Å². The van der Waals surface area contributed by atoms with Crippen molar-refractivity contribution in [2.75, 3.05) is 6.73 Å². The molecule has 4 rings (SSSR count). The van der Waals surface area contributed by atoms with Gasteiger partial charge in [0.25, 0.3) is 5.91 Å². The van der Waals surface area contributed by atoms with Gasteiger partial charge in [0.2, 0.25) is 10.0 Å². The van der Waals surface area contributed by atoms with Crippen LogP contribution in [0.3, 0.4) is 0 Å². The Hall–Kier alpha value is -4.47. The molecule has 8 nitrogen and oxygen atoms in total. The Morgan fingerprint density at radius 2 is 1.51 bits per heavy atom. The lowest BCUT2D eigenvalue weighted by Gasteiger charge is -2.23. The summed E-state index contributed by atoms with van der Waals surface area (Å²) in [4.78, 5) is 15.1. The predicted molar refractivity (Wildman–Crippen MR) is 143 cm³/mol. The fourth-order valence-electron chi connectivity index (χ4n) is 3.81. The molecular weight excluding hydrogens is 488 g/mol. The number of primary sulfonamides is 1. The Labute approximate surface area is 215 Å². The van der Waals surface area contributed by atoms with Gasteiger partial charge in [-0.25, -0.2) is 13.6 Å². The van der Waals surface area contributed by atoms with E-state index in [0.717, 1.165) is 5.56 Å². The zero-order chi connectivity index (χ0) is 26.4. The zero-order valence-corrected chi connectivity index (χ0v) is 20.7. The maximum atomic E-state index is 13.5. The average Bonchev–Trinajstić information content (AvgIpc) is 2.91. The van der Waals surface area contributed by atoms with Crippen LogP contribution in [0.5, 0.6) is 5.75 Å². The highest BCUT2D eigenvalue weighted by Crippen LogP contribution is 2.27. The van der Waals surface area contributed by atoms with E-state index in [1.54, 1.807) is 71.6 Å². The maximum Gasteiger partial charge on any atom is 0.256 e. The van der Waals surface area contributed by atoms with Crippen LogP contribution in [0, 0.1) is 5.41 Å². The molecule has 4 aromatic rings. The van der Waals surface area contributed by atoms with Gasteiger partial charge in [-0.2, -0.15) is 0 Å². The third-order valence-electron chi connectivity index (χ3n) is 5.67. The highest BCUT2D eigenvalue weighted by molar-refractivity contribution is 7.89. The van der Waals surface area contributed by atoms with Crippen LogP contribution in [-0.2, 0) is 16.6 Å². The van der Waals surface area contributed by atoms with E-state index in [9.17, 15) is 13.2 Å². The van der Waals surface area contributed by atoms with Crippen LogP contribution in [0.4, 0.5) is 0 Å². The number of amidine groups is 1. The molecule has 0 aliphatic rings. The van der Waals surface area contributed by atoms with E-state index >= 15 is 0 Å². The number of benzene rings is 4. The fraction of sp³-hybridized carbons (Fsp3) is 0.0714. The SMILES string of the molecule is N=C(N)c1cccc(OCN(Cc2ccccc2)C(=O)c2ccc(-c3ccccc3S(N)(=O)=O)cc2)c1. The van der Waals surface area contributed by atoms with Crippen molar-refractivity contribution in [1.29, 1.82) is 5.41 Å². The maximum absolute atomic E-state index is 13.5. The van der Waals surface area contributed by atoms with Gasteiger partial charge in [-0.3, -0.25) is 10.2 Å². The number of nitrogens with two attached hydrogens (primary N) is 2. The van der Waals surface area contributed by atoms with Crippen molar-refractivity contribution in [1.82, 2.24) is 4.90 Å². The number of carbonyl (C=O) groups excluding carboxylic acids is 1. The number of nitrogens with zero attached hydrogens (tertiary/aromatic N) is 1. The highest BCUT2D eigenvalue weighted by atomic mass is 32.2. The van der Waals surface area contributed by atoms with Crippen molar-refractivity contribution < 1.29 is 17.9 Å². The molecule has 1 amide bonds. The molecule has 0 spiro atoms. The van der Waals surface area contributed by atoms with Gasteiger partial charge in [0.05, 0.1) is 4.90 Å². The second-order valence-electron chi connectivity index (χ2n) is 8.32. The number of carbonyl (C=O) groups is 1. The van der Waals surface area contributed by atoms with Crippen LogP contribution in [0.1, 0.15) is 21.5 Å². The minimum Gasteiger partial charge on any atom is -0.473 e. The molecule has 4 aromatic carbocycles.